The van der Waals surface area contributed by atoms with Gasteiger partial charge in [0.15, 0.2) is 5.13 Å². The first-order chi connectivity index (χ1) is 9.79. The van der Waals surface area contributed by atoms with Crippen molar-refractivity contribution in [3.63, 3.8) is 0 Å². The number of carbonyl (C=O) groups excluding carboxylic acids is 2. The molecule has 8 heteroatoms. The van der Waals surface area contributed by atoms with Gasteiger partial charge in [-0.3, -0.25) is 19.7 Å². The molecule has 1 aromatic rings. The number of nitrogens with one attached hydrogen (secondary N) is 1. The number of ketones is 1. The van der Waals surface area contributed by atoms with E-state index >= 15 is 0 Å². The smallest absolute Gasteiger partial charge is 0.301 e. The van der Waals surface area contributed by atoms with E-state index in [0.717, 1.165) is 24.0 Å². The molecule has 112 valence electrons. The quantitative estimate of drug-likeness (QED) is 0.524. The van der Waals surface area contributed by atoms with Crippen molar-refractivity contribution < 1.29 is 14.5 Å². The highest BCUT2D eigenvalue weighted by Crippen LogP contribution is 2.64. The second-order valence-corrected chi connectivity index (χ2v) is 7.21. The molecule has 0 spiro atoms. The van der Waals surface area contributed by atoms with Gasteiger partial charge in [0, 0.05) is 6.42 Å². The summed E-state index contributed by atoms with van der Waals surface area (Å²) in [5, 5.41) is 13.3. The van der Waals surface area contributed by atoms with Gasteiger partial charge < -0.3 is 5.32 Å². The van der Waals surface area contributed by atoms with E-state index in [1.807, 2.05) is 13.8 Å². The van der Waals surface area contributed by atoms with Crippen LogP contribution < -0.4 is 5.32 Å². The van der Waals surface area contributed by atoms with Gasteiger partial charge in [-0.1, -0.05) is 13.8 Å². The fourth-order valence-electron chi connectivity index (χ4n) is 3.82. The molecule has 1 heterocycles. The monoisotopic (exact) mass is 309 g/mol. The number of fused-ring (bicyclic) bond motifs is 2. The highest BCUT2D eigenvalue weighted by molar-refractivity contribution is 7.18. The van der Waals surface area contributed by atoms with Crippen LogP contribution in [0.25, 0.3) is 0 Å². The number of rotatable bonds is 3. The minimum atomic E-state index is -1.02. The number of anilines is 1. The maximum atomic E-state index is 12.7. The SMILES string of the molecule is CC1(C)C2CCC1(C(=O)Nc1ncc([N+](=O)[O-])s1)C(=O)C2. The molecule has 1 amide bonds. The first kappa shape index (κ1) is 14.1. The molecule has 1 N–H and O–H groups in total. The summed E-state index contributed by atoms with van der Waals surface area (Å²) in [4.78, 5) is 38.9. The molecule has 2 atom stereocenters. The van der Waals surface area contributed by atoms with Crippen molar-refractivity contribution in [1.82, 2.24) is 4.98 Å². The number of Topliss-reactive ketones (excluding diaryl/α,β-unsaturated/α-hetero) is 1. The van der Waals surface area contributed by atoms with Gasteiger partial charge in [-0.2, -0.15) is 0 Å². The zero-order valence-corrected chi connectivity index (χ0v) is 12.5. The largest absolute Gasteiger partial charge is 0.345 e. The third kappa shape index (κ3) is 1.75. The molecule has 0 saturated heterocycles. The Kier molecular flexibility index (Phi) is 2.91. The molecule has 2 bridgehead atoms. The summed E-state index contributed by atoms with van der Waals surface area (Å²) in [5.74, 6) is -0.157. The molecule has 2 aliphatic carbocycles. The number of hydrogen-bond donors (Lipinski definition) is 1. The zero-order valence-electron chi connectivity index (χ0n) is 11.7. The van der Waals surface area contributed by atoms with Crippen LogP contribution in [0.4, 0.5) is 10.1 Å². The third-order valence-corrected chi connectivity index (χ3v) is 6.04. The molecule has 2 fully saturated rings. The molecule has 7 nitrogen and oxygen atoms in total. The Morgan fingerprint density at radius 3 is 2.76 bits per heavy atom. The maximum Gasteiger partial charge on any atom is 0.345 e. The Labute approximate surface area is 124 Å². The van der Waals surface area contributed by atoms with Crippen LogP contribution in [0, 0.1) is 26.9 Å². The Hall–Kier alpha value is -1.83. The van der Waals surface area contributed by atoms with Crippen molar-refractivity contribution >= 4 is 33.2 Å². The third-order valence-electron chi connectivity index (χ3n) is 5.18. The van der Waals surface area contributed by atoms with E-state index in [1.165, 1.54) is 0 Å². The standard InChI is InChI=1S/C13H15N3O4S/c1-12(2)7-3-4-13(12,8(17)5-7)10(18)15-11-14-6-9(21-11)16(19)20/h6-7H,3-5H2,1-2H3,(H,14,15,18). The number of nitrogens with zero attached hydrogens (tertiary/aromatic N) is 2. The summed E-state index contributed by atoms with van der Waals surface area (Å²) >= 11 is 0.799. The molecular weight excluding hydrogens is 294 g/mol. The van der Waals surface area contributed by atoms with Crippen molar-refractivity contribution in [1.29, 1.82) is 0 Å². The lowest BCUT2D eigenvalue weighted by Crippen LogP contribution is -2.46. The summed E-state index contributed by atoms with van der Waals surface area (Å²) in [5.41, 5.74) is -1.39. The van der Waals surface area contributed by atoms with Gasteiger partial charge in [-0.05, 0) is 35.5 Å². The van der Waals surface area contributed by atoms with E-state index in [1.54, 1.807) is 0 Å². The van der Waals surface area contributed by atoms with Crippen LogP contribution in [0.15, 0.2) is 6.20 Å². The number of aromatic nitrogens is 1. The molecule has 2 aliphatic rings. The number of thiazole rings is 1. The molecule has 0 aliphatic heterocycles. The van der Waals surface area contributed by atoms with Crippen molar-refractivity contribution in [2.45, 2.75) is 33.1 Å². The highest BCUT2D eigenvalue weighted by Gasteiger charge is 2.68. The van der Waals surface area contributed by atoms with Gasteiger partial charge in [0.05, 0.1) is 4.92 Å². The van der Waals surface area contributed by atoms with Gasteiger partial charge in [0.25, 0.3) is 0 Å². The summed E-state index contributed by atoms with van der Waals surface area (Å²) < 4.78 is 0. The van der Waals surface area contributed by atoms with Crippen molar-refractivity contribution in [2.75, 3.05) is 5.32 Å². The van der Waals surface area contributed by atoms with Crippen LogP contribution >= 0.6 is 11.3 Å². The molecule has 1 aromatic heterocycles. The Balaban J connectivity index is 1.87. The van der Waals surface area contributed by atoms with Crippen LogP contribution in [-0.2, 0) is 9.59 Å². The van der Waals surface area contributed by atoms with E-state index in [4.69, 9.17) is 0 Å². The lowest BCUT2D eigenvalue weighted by atomic mass is 9.68. The second kappa shape index (κ2) is 4.33. The molecule has 2 unspecified atom stereocenters. The fraction of sp³-hybridized carbons (Fsp3) is 0.615. The molecular formula is C13H15N3O4S. The molecule has 0 aromatic carbocycles. The number of nitro groups is 1. The van der Waals surface area contributed by atoms with Crippen molar-refractivity contribution in [2.24, 2.45) is 16.7 Å². The Morgan fingerprint density at radius 1 is 1.57 bits per heavy atom. The summed E-state index contributed by atoms with van der Waals surface area (Å²) in [7, 11) is 0. The van der Waals surface area contributed by atoms with E-state index in [2.05, 4.69) is 10.3 Å². The lowest BCUT2D eigenvalue weighted by molar-refractivity contribution is -0.380. The Bertz CT molecular complexity index is 654. The van der Waals surface area contributed by atoms with Gasteiger partial charge >= 0.3 is 5.00 Å². The minimum absolute atomic E-state index is 0.0210. The van der Waals surface area contributed by atoms with Gasteiger partial charge in [-0.15, -0.1) is 0 Å². The lowest BCUT2D eigenvalue weighted by Gasteiger charge is -2.34. The van der Waals surface area contributed by atoms with Crippen LogP contribution in [-0.4, -0.2) is 21.6 Å². The topological polar surface area (TPSA) is 102 Å². The predicted octanol–water partition coefficient (Wildman–Crippen LogP) is 2.39. The summed E-state index contributed by atoms with van der Waals surface area (Å²) in [6, 6.07) is 0. The van der Waals surface area contributed by atoms with Crippen molar-refractivity contribution in [3.05, 3.63) is 16.3 Å². The van der Waals surface area contributed by atoms with Gasteiger partial charge in [0.1, 0.15) is 17.4 Å². The predicted molar refractivity (Wildman–Crippen MR) is 76.0 cm³/mol. The summed E-state index contributed by atoms with van der Waals surface area (Å²) in [6.07, 6.45) is 2.96. The zero-order chi connectivity index (χ0) is 15.4. The molecule has 3 rings (SSSR count). The van der Waals surface area contributed by atoms with Crippen LogP contribution in [0.2, 0.25) is 0 Å². The van der Waals surface area contributed by atoms with Gasteiger partial charge in [-0.25, -0.2) is 4.98 Å². The minimum Gasteiger partial charge on any atom is -0.301 e. The average Bonchev–Trinajstić information content (AvgIpc) is 3.00. The molecule has 0 radical (unpaired) electrons. The number of hydrogen-bond acceptors (Lipinski definition) is 6. The molecule has 21 heavy (non-hydrogen) atoms. The van der Waals surface area contributed by atoms with E-state index in [9.17, 15) is 19.7 Å². The van der Waals surface area contributed by atoms with Crippen LogP contribution in [0.3, 0.4) is 0 Å². The normalized spacial score (nSPS) is 29.6. The first-order valence-corrected chi connectivity index (χ1v) is 7.55. The fourth-order valence-corrected chi connectivity index (χ4v) is 4.45. The van der Waals surface area contributed by atoms with E-state index in [-0.39, 0.29) is 33.2 Å². The van der Waals surface area contributed by atoms with E-state index < -0.39 is 10.3 Å². The summed E-state index contributed by atoms with van der Waals surface area (Å²) in [6.45, 7) is 3.92. The number of amides is 1. The first-order valence-electron chi connectivity index (χ1n) is 6.74. The van der Waals surface area contributed by atoms with Gasteiger partial charge in [0.2, 0.25) is 5.91 Å². The van der Waals surface area contributed by atoms with Crippen LogP contribution in [0.1, 0.15) is 33.1 Å². The average molecular weight is 309 g/mol. The van der Waals surface area contributed by atoms with Crippen LogP contribution in [0.5, 0.6) is 0 Å². The number of carbonyl (C=O) groups is 2. The Morgan fingerprint density at radius 2 is 2.29 bits per heavy atom. The highest BCUT2D eigenvalue weighted by atomic mass is 32.1. The van der Waals surface area contributed by atoms with Crippen molar-refractivity contribution in [3.8, 4) is 0 Å². The second-order valence-electron chi connectivity index (χ2n) is 6.20. The van der Waals surface area contributed by atoms with E-state index in [0.29, 0.717) is 12.8 Å². The maximum absolute atomic E-state index is 12.7. The molecule has 2 saturated carbocycles.